The van der Waals surface area contributed by atoms with Crippen molar-refractivity contribution in [1.82, 2.24) is 4.90 Å². The number of halogens is 2. The van der Waals surface area contributed by atoms with Gasteiger partial charge in [0, 0.05) is 30.7 Å². The van der Waals surface area contributed by atoms with Gasteiger partial charge in [0.2, 0.25) is 11.8 Å². The van der Waals surface area contributed by atoms with Crippen molar-refractivity contribution in [3.63, 3.8) is 0 Å². The number of nitrogens with two attached hydrogens (primary N) is 1. The summed E-state index contributed by atoms with van der Waals surface area (Å²) < 4.78 is 0. The highest BCUT2D eigenvalue weighted by molar-refractivity contribution is 6.36. The number of carbonyl (C=O) groups is 2. The zero-order valence-electron chi connectivity index (χ0n) is 12.7. The van der Waals surface area contributed by atoms with E-state index in [4.69, 9.17) is 28.9 Å². The fraction of sp³-hybridized carbons (Fsp3) is 0.500. The molecule has 2 aliphatic heterocycles. The Morgan fingerprint density at radius 2 is 2.00 bits per heavy atom. The second kappa shape index (κ2) is 6.67. The number of likely N-dealkylation sites (tertiary alicyclic amines) is 1. The summed E-state index contributed by atoms with van der Waals surface area (Å²) in [5.41, 5.74) is 6.49. The van der Waals surface area contributed by atoms with Crippen molar-refractivity contribution in [2.45, 2.75) is 25.3 Å². The number of nitrogens with zero attached hydrogens (tertiary/aromatic N) is 2. The molecule has 0 radical (unpaired) electrons. The molecule has 0 unspecified atom stereocenters. The minimum atomic E-state index is -0.643. The van der Waals surface area contributed by atoms with Gasteiger partial charge in [-0.15, -0.1) is 0 Å². The average molecular weight is 356 g/mol. The predicted molar refractivity (Wildman–Crippen MR) is 90.7 cm³/mol. The van der Waals surface area contributed by atoms with Crippen LogP contribution in [-0.4, -0.2) is 42.4 Å². The predicted octanol–water partition coefficient (Wildman–Crippen LogP) is 2.30. The summed E-state index contributed by atoms with van der Waals surface area (Å²) in [6.45, 7) is 1.67. The fourth-order valence-corrected chi connectivity index (χ4v) is 3.66. The molecule has 2 N–H and O–H groups in total. The highest BCUT2D eigenvalue weighted by Crippen LogP contribution is 2.34. The molecule has 23 heavy (non-hydrogen) atoms. The zero-order chi connectivity index (χ0) is 16.6. The highest BCUT2D eigenvalue weighted by Gasteiger charge is 2.40. The van der Waals surface area contributed by atoms with Gasteiger partial charge in [-0.3, -0.25) is 9.59 Å². The van der Waals surface area contributed by atoms with Crippen molar-refractivity contribution >= 4 is 40.7 Å². The largest absolute Gasteiger partial charge is 0.340 e. The van der Waals surface area contributed by atoms with Gasteiger partial charge in [-0.25, -0.2) is 0 Å². The maximum absolute atomic E-state index is 12.7. The van der Waals surface area contributed by atoms with Crippen molar-refractivity contribution in [2.24, 2.45) is 11.7 Å². The second-order valence-corrected chi connectivity index (χ2v) is 6.96. The smallest absolute Gasteiger partial charge is 0.239 e. The standard InChI is InChI=1S/C16H19Cl2N3O2/c17-10-3-4-13(18)14(8-10)21-7-5-12(16(21)23)15(22)20-6-1-2-11(19)9-20/h3-4,8,11-12H,1-2,5-7,9,19H2/t11-,12+/m0/s1. The first kappa shape index (κ1) is 16.6. The van der Waals surface area contributed by atoms with Gasteiger partial charge in [0.1, 0.15) is 5.92 Å². The Morgan fingerprint density at radius 1 is 1.22 bits per heavy atom. The van der Waals surface area contributed by atoms with Gasteiger partial charge < -0.3 is 15.5 Å². The molecule has 1 aromatic rings. The van der Waals surface area contributed by atoms with Crippen LogP contribution in [-0.2, 0) is 9.59 Å². The van der Waals surface area contributed by atoms with Crippen LogP contribution in [0, 0.1) is 5.92 Å². The van der Waals surface area contributed by atoms with Gasteiger partial charge in [0.25, 0.3) is 0 Å². The van der Waals surface area contributed by atoms with E-state index in [1.54, 1.807) is 28.0 Å². The topological polar surface area (TPSA) is 66.6 Å². The Balaban J connectivity index is 1.76. The Morgan fingerprint density at radius 3 is 2.74 bits per heavy atom. The lowest BCUT2D eigenvalue weighted by Crippen LogP contribution is -2.49. The molecule has 0 aromatic heterocycles. The first-order valence-corrected chi connectivity index (χ1v) is 8.54. The molecule has 0 saturated carbocycles. The number of anilines is 1. The molecule has 2 amide bonds. The lowest BCUT2D eigenvalue weighted by Gasteiger charge is -2.32. The molecule has 2 fully saturated rings. The Kier molecular flexibility index (Phi) is 4.80. The Bertz CT molecular complexity index is 638. The molecule has 0 aliphatic carbocycles. The number of hydrogen-bond donors (Lipinski definition) is 1. The summed E-state index contributed by atoms with van der Waals surface area (Å²) in [4.78, 5) is 28.6. The van der Waals surface area contributed by atoms with Crippen molar-refractivity contribution in [3.05, 3.63) is 28.2 Å². The van der Waals surface area contributed by atoms with Crippen molar-refractivity contribution < 1.29 is 9.59 Å². The molecule has 2 saturated heterocycles. The number of benzene rings is 1. The van der Waals surface area contributed by atoms with Crippen molar-refractivity contribution in [2.75, 3.05) is 24.5 Å². The maximum atomic E-state index is 12.7. The summed E-state index contributed by atoms with van der Waals surface area (Å²) in [6, 6.07) is 4.99. The highest BCUT2D eigenvalue weighted by atomic mass is 35.5. The van der Waals surface area contributed by atoms with Crippen LogP contribution < -0.4 is 10.6 Å². The molecule has 1 aromatic carbocycles. The van der Waals surface area contributed by atoms with Gasteiger partial charge in [-0.05, 0) is 37.5 Å². The summed E-state index contributed by atoms with van der Waals surface area (Å²) >= 11 is 12.2. The van der Waals surface area contributed by atoms with Crippen LogP contribution >= 0.6 is 23.2 Å². The zero-order valence-corrected chi connectivity index (χ0v) is 14.2. The third-order valence-corrected chi connectivity index (χ3v) is 5.03. The van der Waals surface area contributed by atoms with Gasteiger partial charge in [-0.2, -0.15) is 0 Å². The van der Waals surface area contributed by atoms with Crippen LogP contribution in [0.2, 0.25) is 10.0 Å². The van der Waals surface area contributed by atoms with Crippen molar-refractivity contribution in [3.8, 4) is 0 Å². The lowest BCUT2D eigenvalue weighted by molar-refractivity contribution is -0.140. The SMILES string of the molecule is N[C@H]1CCCN(C(=O)[C@H]2CCN(c3cc(Cl)ccc3Cl)C2=O)C1. The van der Waals surface area contributed by atoms with Gasteiger partial charge in [-0.1, -0.05) is 23.2 Å². The van der Waals surface area contributed by atoms with Crippen LogP contribution in [0.1, 0.15) is 19.3 Å². The molecule has 124 valence electrons. The maximum Gasteiger partial charge on any atom is 0.239 e. The molecule has 0 spiro atoms. The summed E-state index contributed by atoms with van der Waals surface area (Å²) in [5.74, 6) is -0.973. The normalized spacial score (nSPS) is 25.1. The first-order valence-electron chi connectivity index (χ1n) is 7.78. The van der Waals surface area contributed by atoms with E-state index < -0.39 is 5.92 Å². The van der Waals surface area contributed by atoms with E-state index in [1.807, 2.05) is 0 Å². The minimum absolute atomic E-state index is 0.00248. The number of hydrogen-bond acceptors (Lipinski definition) is 3. The monoisotopic (exact) mass is 355 g/mol. The summed E-state index contributed by atoms with van der Waals surface area (Å²) in [7, 11) is 0. The third-order valence-electron chi connectivity index (χ3n) is 4.47. The minimum Gasteiger partial charge on any atom is -0.340 e. The van der Waals surface area contributed by atoms with E-state index in [1.165, 1.54) is 0 Å². The number of piperidine rings is 1. The van der Waals surface area contributed by atoms with E-state index in [-0.39, 0.29) is 17.9 Å². The van der Waals surface area contributed by atoms with Gasteiger partial charge >= 0.3 is 0 Å². The fourth-order valence-electron chi connectivity index (χ4n) is 3.27. The number of rotatable bonds is 2. The summed E-state index contributed by atoms with van der Waals surface area (Å²) in [5, 5.41) is 0.963. The van der Waals surface area contributed by atoms with Crippen molar-refractivity contribution in [1.29, 1.82) is 0 Å². The quantitative estimate of drug-likeness (QED) is 0.827. The molecule has 5 nitrogen and oxygen atoms in total. The van der Waals surface area contributed by atoms with Crippen LogP contribution in [0.25, 0.3) is 0 Å². The van der Waals surface area contributed by atoms with Crippen LogP contribution in [0.3, 0.4) is 0 Å². The molecule has 2 atom stereocenters. The Labute approximate surface area is 145 Å². The lowest BCUT2D eigenvalue weighted by atomic mass is 10.0. The molecule has 3 rings (SSSR count). The van der Waals surface area contributed by atoms with Crippen LogP contribution in [0.15, 0.2) is 18.2 Å². The van der Waals surface area contributed by atoms with Crippen LogP contribution in [0.5, 0.6) is 0 Å². The second-order valence-electron chi connectivity index (χ2n) is 6.11. The number of carbonyl (C=O) groups excluding carboxylic acids is 2. The Hall–Kier alpha value is -1.30. The summed E-state index contributed by atoms with van der Waals surface area (Å²) in [6.07, 6.45) is 2.30. The first-order chi connectivity index (χ1) is 11.0. The van der Waals surface area contributed by atoms with Gasteiger partial charge in [0.15, 0.2) is 0 Å². The average Bonchev–Trinajstić information content (AvgIpc) is 2.90. The van der Waals surface area contributed by atoms with E-state index in [9.17, 15) is 9.59 Å². The van der Waals surface area contributed by atoms with Crippen LogP contribution in [0.4, 0.5) is 5.69 Å². The van der Waals surface area contributed by atoms with E-state index >= 15 is 0 Å². The molecular formula is C16H19Cl2N3O2. The number of amides is 2. The van der Waals surface area contributed by atoms with Gasteiger partial charge in [0.05, 0.1) is 10.7 Å². The third kappa shape index (κ3) is 3.32. The molecular weight excluding hydrogens is 337 g/mol. The van der Waals surface area contributed by atoms with E-state index in [2.05, 4.69) is 0 Å². The van der Waals surface area contributed by atoms with E-state index in [0.717, 1.165) is 12.8 Å². The molecule has 2 heterocycles. The molecule has 7 heteroatoms. The van der Waals surface area contributed by atoms with E-state index in [0.29, 0.717) is 41.8 Å². The molecule has 2 aliphatic rings. The molecule has 0 bridgehead atoms.